The molecular weight excluding hydrogens is 340 g/mol. The summed E-state index contributed by atoms with van der Waals surface area (Å²) in [7, 11) is 0. The van der Waals surface area contributed by atoms with Gasteiger partial charge in [0.2, 0.25) is 0 Å². The standard InChI is InChI=1S/C14H9BrN2O2S/c15-9-1-2-12-8(5-9)6-10(13(18)19-12)11-7-20-14-16-3-4-17(11)14/h1-2,5-7H,3-4H2. The van der Waals surface area contributed by atoms with Crippen molar-refractivity contribution in [2.75, 3.05) is 13.1 Å². The van der Waals surface area contributed by atoms with Gasteiger partial charge in [0.25, 0.3) is 0 Å². The van der Waals surface area contributed by atoms with Gasteiger partial charge < -0.3 is 9.32 Å². The number of benzene rings is 1. The van der Waals surface area contributed by atoms with Gasteiger partial charge in [0.1, 0.15) is 5.58 Å². The maximum absolute atomic E-state index is 12.2. The molecule has 0 unspecified atom stereocenters. The van der Waals surface area contributed by atoms with Crippen LogP contribution in [-0.4, -0.2) is 23.2 Å². The van der Waals surface area contributed by atoms with Crippen LogP contribution < -0.4 is 5.63 Å². The van der Waals surface area contributed by atoms with Crippen LogP contribution in [-0.2, 0) is 0 Å². The van der Waals surface area contributed by atoms with Crippen LogP contribution in [0, 0.1) is 0 Å². The quantitative estimate of drug-likeness (QED) is 0.742. The first-order chi connectivity index (χ1) is 9.72. The number of hydrogen-bond acceptors (Lipinski definition) is 5. The Kier molecular flexibility index (Phi) is 2.75. The minimum atomic E-state index is -0.306. The highest BCUT2D eigenvalue weighted by atomic mass is 79.9. The Bertz CT molecular complexity index is 841. The summed E-state index contributed by atoms with van der Waals surface area (Å²) in [5.74, 6) is 0. The second kappa shape index (κ2) is 4.49. The molecule has 100 valence electrons. The van der Waals surface area contributed by atoms with E-state index >= 15 is 0 Å². The molecule has 0 N–H and O–H groups in total. The van der Waals surface area contributed by atoms with Crippen molar-refractivity contribution in [3.8, 4) is 0 Å². The lowest BCUT2D eigenvalue weighted by molar-refractivity contribution is 0.552. The summed E-state index contributed by atoms with van der Waals surface area (Å²) in [6, 6.07) is 7.50. The fraction of sp³-hybridized carbons (Fsp3) is 0.143. The molecule has 0 bridgehead atoms. The number of amidine groups is 1. The van der Waals surface area contributed by atoms with Gasteiger partial charge in [-0.2, -0.15) is 0 Å². The normalized spacial score (nSPS) is 17.4. The Balaban J connectivity index is 1.90. The summed E-state index contributed by atoms with van der Waals surface area (Å²) in [5, 5.41) is 3.84. The Morgan fingerprint density at radius 2 is 2.25 bits per heavy atom. The molecule has 1 aromatic carbocycles. The lowest BCUT2D eigenvalue weighted by Crippen LogP contribution is -2.23. The van der Waals surface area contributed by atoms with Gasteiger partial charge in [-0.15, -0.1) is 0 Å². The maximum atomic E-state index is 12.2. The highest BCUT2D eigenvalue weighted by molar-refractivity contribution is 9.10. The maximum Gasteiger partial charge on any atom is 0.345 e. The van der Waals surface area contributed by atoms with E-state index < -0.39 is 0 Å². The minimum Gasteiger partial charge on any atom is -0.422 e. The fourth-order valence-electron chi connectivity index (χ4n) is 2.40. The van der Waals surface area contributed by atoms with Crippen LogP contribution in [0.2, 0.25) is 0 Å². The van der Waals surface area contributed by atoms with Gasteiger partial charge in [-0.1, -0.05) is 27.7 Å². The summed E-state index contributed by atoms with van der Waals surface area (Å²) in [5.41, 5.74) is 1.78. The van der Waals surface area contributed by atoms with Crippen LogP contribution >= 0.6 is 27.7 Å². The average molecular weight is 349 g/mol. The third-order valence-electron chi connectivity index (χ3n) is 3.34. The Morgan fingerprint density at radius 1 is 1.35 bits per heavy atom. The first kappa shape index (κ1) is 12.2. The second-order valence-corrected chi connectivity index (χ2v) is 6.32. The van der Waals surface area contributed by atoms with Crippen LogP contribution in [0.15, 0.2) is 48.4 Å². The van der Waals surface area contributed by atoms with E-state index in [1.807, 2.05) is 23.6 Å². The SMILES string of the molecule is O=c1oc2ccc(Br)cc2cc1C1=CSC2=NCCN12. The van der Waals surface area contributed by atoms with Crippen molar-refractivity contribution >= 4 is 49.5 Å². The van der Waals surface area contributed by atoms with E-state index in [1.54, 1.807) is 17.8 Å². The zero-order valence-electron chi connectivity index (χ0n) is 10.3. The number of halogens is 1. The molecule has 0 saturated heterocycles. The second-order valence-electron chi connectivity index (χ2n) is 4.57. The minimum absolute atomic E-state index is 0.306. The van der Waals surface area contributed by atoms with Gasteiger partial charge in [-0.3, -0.25) is 4.99 Å². The molecule has 2 aromatic rings. The van der Waals surface area contributed by atoms with Gasteiger partial charge in [0.15, 0.2) is 5.17 Å². The molecule has 0 radical (unpaired) electrons. The number of thioether (sulfide) groups is 1. The molecule has 0 atom stereocenters. The number of hydrogen-bond donors (Lipinski definition) is 0. The molecule has 4 nitrogen and oxygen atoms in total. The first-order valence-corrected chi connectivity index (χ1v) is 7.82. The molecular formula is C14H9BrN2O2S. The Labute approximate surface area is 127 Å². The summed E-state index contributed by atoms with van der Waals surface area (Å²) >= 11 is 4.99. The molecule has 0 fully saturated rings. The van der Waals surface area contributed by atoms with E-state index in [4.69, 9.17) is 4.42 Å². The highest BCUT2D eigenvalue weighted by Gasteiger charge is 2.29. The van der Waals surface area contributed by atoms with Crippen LogP contribution in [0.25, 0.3) is 16.7 Å². The summed E-state index contributed by atoms with van der Waals surface area (Å²) in [6.45, 7) is 1.61. The Morgan fingerprint density at radius 3 is 3.15 bits per heavy atom. The van der Waals surface area contributed by atoms with Gasteiger partial charge in [0, 0.05) is 21.8 Å². The molecule has 2 aliphatic heterocycles. The largest absolute Gasteiger partial charge is 0.422 e. The van der Waals surface area contributed by atoms with Crippen molar-refractivity contribution < 1.29 is 4.42 Å². The van der Waals surface area contributed by atoms with Crippen molar-refractivity contribution in [3.05, 3.63) is 50.1 Å². The van der Waals surface area contributed by atoms with Crippen molar-refractivity contribution in [3.63, 3.8) is 0 Å². The lowest BCUT2D eigenvalue weighted by atomic mass is 10.1. The van der Waals surface area contributed by atoms with Crippen LogP contribution in [0.5, 0.6) is 0 Å². The highest BCUT2D eigenvalue weighted by Crippen LogP contribution is 2.34. The molecule has 0 saturated carbocycles. The van der Waals surface area contributed by atoms with Crippen LogP contribution in [0.1, 0.15) is 5.56 Å². The summed E-state index contributed by atoms with van der Waals surface area (Å²) in [6.07, 6.45) is 0. The van der Waals surface area contributed by atoms with E-state index in [0.717, 1.165) is 33.8 Å². The van der Waals surface area contributed by atoms with Crippen molar-refractivity contribution in [2.24, 2.45) is 4.99 Å². The van der Waals surface area contributed by atoms with E-state index in [0.29, 0.717) is 11.1 Å². The number of rotatable bonds is 1. The van der Waals surface area contributed by atoms with E-state index in [1.165, 1.54) is 0 Å². The van der Waals surface area contributed by atoms with E-state index in [9.17, 15) is 4.79 Å². The zero-order valence-corrected chi connectivity index (χ0v) is 12.7. The van der Waals surface area contributed by atoms with Crippen molar-refractivity contribution in [2.45, 2.75) is 0 Å². The van der Waals surface area contributed by atoms with Gasteiger partial charge in [-0.25, -0.2) is 4.79 Å². The third-order valence-corrected chi connectivity index (χ3v) is 4.73. The number of aliphatic imine (C=N–C) groups is 1. The van der Waals surface area contributed by atoms with Crippen molar-refractivity contribution in [1.82, 2.24) is 4.90 Å². The number of fused-ring (bicyclic) bond motifs is 2. The lowest BCUT2D eigenvalue weighted by Gasteiger charge is -2.15. The molecule has 4 rings (SSSR count). The number of nitrogens with zero attached hydrogens (tertiary/aromatic N) is 2. The van der Waals surface area contributed by atoms with Crippen molar-refractivity contribution in [1.29, 1.82) is 0 Å². The average Bonchev–Trinajstić information content (AvgIpc) is 3.01. The van der Waals surface area contributed by atoms with Gasteiger partial charge in [-0.05, 0) is 24.3 Å². The zero-order chi connectivity index (χ0) is 13.7. The monoisotopic (exact) mass is 348 g/mol. The van der Waals surface area contributed by atoms with Gasteiger partial charge >= 0.3 is 5.63 Å². The topological polar surface area (TPSA) is 45.8 Å². The molecule has 1 aromatic heterocycles. The Hall–Kier alpha value is -1.53. The molecule has 0 amide bonds. The molecule has 6 heteroatoms. The molecule has 20 heavy (non-hydrogen) atoms. The predicted octanol–water partition coefficient (Wildman–Crippen LogP) is 3.27. The molecule has 0 aliphatic carbocycles. The van der Waals surface area contributed by atoms with Gasteiger partial charge in [0.05, 0.1) is 17.8 Å². The summed E-state index contributed by atoms with van der Waals surface area (Å²) < 4.78 is 6.38. The van der Waals surface area contributed by atoms with E-state index in [2.05, 4.69) is 25.8 Å². The molecule has 0 spiro atoms. The van der Waals surface area contributed by atoms with Crippen LogP contribution in [0.4, 0.5) is 0 Å². The third kappa shape index (κ3) is 1.83. The summed E-state index contributed by atoms with van der Waals surface area (Å²) in [4.78, 5) is 18.7. The fourth-order valence-corrected chi connectivity index (χ4v) is 3.74. The first-order valence-electron chi connectivity index (χ1n) is 6.15. The smallest absolute Gasteiger partial charge is 0.345 e. The molecule has 3 heterocycles. The van der Waals surface area contributed by atoms with Crippen LogP contribution in [0.3, 0.4) is 0 Å². The van der Waals surface area contributed by atoms with E-state index in [-0.39, 0.29) is 5.63 Å². The molecule has 2 aliphatic rings. The predicted molar refractivity (Wildman–Crippen MR) is 84.8 cm³/mol.